The molecule has 0 bridgehead atoms. The van der Waals surface area contributed by atoms with Crippen LogP contribution in [-0.4, -0.2) is 23.7 Å². The lowest BCUT2D eigenvalue weighted by molar-refractivity contribution is -0.400. The highest BCUT2D eigenvalue weighted by atomic mass is 16.6. The van der Waals surface area contributed by atoms with Gasteiger partial charge in [-0.25, -0.2) is 4.79 Å². The molecule has 0 saturated heterocycles. The van der Waals surface area contributed by atoms with Gasteiger partial charge in [-0.2, -0.15) is 0 Å². The van der Waals surface area contributed by atoms with E-state index in [2.05, 4.69) is 0 Å². The highest BCUT2D eigenvalue weighted by Gasteiger charge is 2.22. The van der Waals surface area contributed by atoms with Gasteiger partial charge in [0, 0.05) is 18.7 Å². The molecule has 0 saturated carbocycles. The number of nitro groups is 1. The zero-order valence-corrected chi connectivity index (χ0v) is 14.1. The maximum atomic E-state index is 12.3. The van der Waals surface area contributed by atoms with Crippen LogP contribution in [0, 0.1) is 10.1 Å². The van der Waals surface area contributed by atoms with Crippen molar-refractivity contribution in [1.82, 2.24) is 0 Å². The third-order valence-electron chi connectivity index (χ3n) is 3.30. The molecule has 2 rings (SSSR count). The Labute approximate surface area is 140 Å². The minimum absolute atomic E-state index is 0.520. The molecule has 24 heavy (non-hydrogen) atoms. The van der Waals surface area contributed by atoms with Gasteiger partial charge < -0.3 is 4.74 Å². The van der Waals surface area contributed by atoms with E-state index in [1.165, 1.54) is 11.0 Å². The van der Waals surface area contributed by atoms with Gasteiger partial charge in [-0.15, -0.1) is 0 Å². The summed E-state index contributed by atoms with van der Waals surface area (Å²) >= 11 is 0. The van der Waals surface area contributed by atoms with Gasteiger partial charge in [-0.3, -0.25) is 15.0 Å². The quantitative estimate of drug-likeness (QED) is 0.616. The Bertz CT molecular complexity index is 806. The summed E-state index contributed by atoms with van der Waals surface area (Å²) in [5, 5.41) is 12.5. The molecule has 0 N–H and O–H groups in total. The fraction of sp³-hybridized carbons (Fsp3) is 0.278. The van der Waals surface area contributed by atoms with Crippen LogP contribution in [0.2, 0.25) is 0 Å². The van der Waals surface area contributed by atoms with Crippen LogP contribution in [0.25, 0.3) is 16.8 Å². The zero-order chi connectivity index (χ0) is 17.9. The van der Waals surface area contributed by atoms with Crippen molar-refractivity contribution < 1.29 is 14.5 Å². The molecule has 0 fully saturated rings. The van der Waals surface area contributed by atoms with Crippen molar-refractivity contribution in [1.29, 1.82) is 0 Å². The summed E-state index contributed by atoms with van der Waals surface area (Å²) in [5.74, 6) is 0. The number of anilines is 1. The predicted octanol–water partition coefficient (Wildman–Crippen LogP) is 4.46. The van der Waals surface area contributed by atoms with Crippen molar-refractivity contribution in [3.63, 3.8) is 0 Å². The third-order valence-corrected chi connectivity index (χ3v) is 3.30. The standard InChI is InChI=1S/C18H20N2O4/c1-18(2,3)24-17(21)19(4)16-12-14-8-6-5-7-13(14)11-15(16)9-10-20(22)23/h5-12H,1-4H3/b10-9+. The molecule has 1 amide bonds. The summed E-state index contributed by atoms with van der Waals surface area (Å²) < 4.78 is 5.38. The first-order chi connectivity index (χ1) is 11.2. The van der Waals surface area contributed by atoms with Gasteiger partial charge in [-0.05, 0) is 43.7 Å². The van der Waals surface area contributed by atoms with E-state index >= 15 is 0 Å². The lowest BCUT2D eigenvalue weighted by atomic mass is 10.0. The Morgan fingerprint density at radius 3 is 2.33 bits per heavy atom. The molecular weight excluding hydrogens is 308 g/mol. The lowest BCUT2D eigenvalue weighted by Gasteiger charge is -2.25. The first-order valence-corrected chi connectivity index (χ1v) is 7.48. The van der Waals surface area contributed by atoms with Crippen molar-refractivity contribution in [3.05, 3.63) is 58.3 Å². The molecule has 0 aliphatic heterocycles. The van der Waals surface area contributed by atoms with E-state index in [0.717, 1.165) is 17.0 Å². The van der Waals surface area contributed by atoms with Crippen LogP contribution in [-0.2, 0) is 4.74 Å². The topological polar surface area (TPSA) is 72.7 Å². The van der Waals surface area contributed by atoms with E-state index in [4.69, 9.17) is 4.74 Å². The molecule has 0 aliphatic rings. The van der Waals surface area contributed by atoms with Crippen molar-refractivity contribution in [2.24, 2.45) is 0 Å². The van der Waals surface area contributed by atoms with Crippen LogP contribution in [0.15, 0.2) is 42.6 Å². The van der Waals surface area contributed by atoms with Gasteiger partial charge in [0.15, 0.2) is 0 Å². The Hall–Kier alpha value is -2.89. The fourth-order valence-electron chi connectivity index (χ4n) is 2.24. The number of nitrogens with zero attached hydrogens (tertiary/aromatic N) is 2. The summed E-state index contributed by atoms with van der Waals surface area (Å²) in [5.41, 5.74) is 0.485. The third kappa shape index (κ3) is 4.32. The van der Waals surface area contributed by atoms with Crippen LogP contribution in [0.3, 0.4) is 0 Å². The second-order valence-electron chi connectivity index (χ2n) is 6.40. The number of hydrogen-bond donors (Lipinski definition) is 0. The number of carbonyl (C=O) groups is 1. The molecule has 2 aromatic rings. The summed E-state index contributed by atoms with van der Waals surface area (Å²) in [7, 11) is 1.58. The molecule has 0 unspecified atom stereocenters. The number of carbonyl (C=O) groups excluding carboxylic acids is 1. The molecule has 2 aromatic carbocycles. The van der Waals surface area contributed by atoms with E-state index in [0.29, 0.717) is 11.3 Å². The molecule has 0 heterocycles. The zero-order valence-electron chi connectivity index (χ0n) is 14.1. The van der Waals surface area contributed by atoms with Crippen molar-refractivity contribution in [2.45, 2.75) is 26.4 Å². The monoisotopic (exact) mass is 328 g/mol. The minimum Gasteiger partial charge on any atom is -0.443 e. The van der Waals surface area contributed by atoms with E-state index in [9.17, 15) is 14.9 Å². The molecular formula is C18H20N2O4. The normalized spacial score (nSPS) is 11.7. The fourth-order valence-corrected chi connectivity index (χ4v) is 2.24. The van der Waals surface area contributed by atoms with Gasteiger partial charge in [0.05, 0.1) is 10.6 Å². The second kappa shape index (κ2) is 6.70. The average Bonchev–Trinajstić information content (AvgIpc) is 2.49. The molecule has 0 aromatic heterocycles. The van der Waals surface area contributed by atoms with Crippen molar-refractivity contribution in [2.75, 3.05) is 11.9 Å². The van der Waals surface area contributed by atoms with Crippen molar-refractivity contribution in [3.8, 4) is 0 Å². The minimum atomic E-state index is -0.626. The Morgan fingerprint density at radius 1 is 1.21 bits per heavy atom. The van der Waals surface area contributed by atoms with Crippen LogP contribution >= 0.6 is 0 Å². The Kier molecular flexibility index (Phi) is 4.87. The number of benzene rings is 2. The molecule has 6 heteroatoms. The SMILES string of the molecule is CN(C(=O)OC(C)(C)C)c1cc2ccccc2cc1/C=C/[N+](=O)[O-]. The van der Waals surface area contributed by atoms with E-state index < -0.39 is 16.6 Å². The first kappa shape index (κ1) is 17.5. The molecule has 0 atom stereocenters. The molecule has 0 aliphatic carbocycles. The summed E-state index contributed by atoms with van der Waals surface area (Å²) in [6.45, 7) is 5.35. The number of fused-ring (bicyclic) bond motifs is 1. The summed E-state index contributed by atoms with van der Waals surface area (Å²) in [4.78, 5) is 23.8. The van der Waals surface area contributed by atoms with Crippen molar-refractivity contribution >= 4 is 28.6 Å². The van der Waals surface area contributed by atoms with Gasteiger partial charge in [0.25, 0.3) is 0 Å². The number of amides is 1. The van der Waals surface area contributed by atoms with Gasteiger partial charge in [-0.1, -0.05) is 24.3 Å². The average molecular weight is 328 g/mol. The largest absolute Gasteiger partial charge is 0.443 e. The molecule has 0 radical (unpaired) electrons. The van der Waals surface area contributed by atoms with E-state index in [-0.39, 0.29) is 0 Å². The van der Waals surface area contributed by atoms with Crippen LogP contribution in [0.4, 0.5) is 10.5 Å². The van der Waals surface area contributed by atoms with E-state index in [1.807, 2.05) is 36.4 Å². The van der Waals surface area contributed by atoms with Gasteiger partial charge in [0.1, 0.15) is 5.60 Å². The highest BCUT2D eigenvalue weighted by Crippen LogP contribution is 2.28. The number of ether oxygens (including phenoxy) is 1. The van der Waals surface area contributed by atoms with Gasteiger partial charge in [0.2, 0.25) is 6.20 Å². The predicted molar refractivity (Wildman–Crippen MR) is 94.6 cm³/mol. The summed E-state index contributed by atoms with van der Waals surface area (Å²) in [6, 6.07) is 11.2. The first-order valence-electron chi connectivity index (χ1n) is 7.48. The van der Waals surface area contributed by atoms with Crippen LogP contribution in [0.5, 0.6) is 0 Å². The smallest absolute Gasteiger partial charge is 0.414 e. The van der Waals surface area contributed by atoms with E-state index in [1.54, 1.807) is 27.8 Å². The lowest BCUT2D eigenvalue weighted by Crippen LogP contribution is -2.34. The highest BCUT2D eigenvalue weighted by molar-refractivity contribution is 5.96. The molecule has 0 spiro atoms. The summed E-state index contributed by atoms with van der Waals surface area (Å²) in [6.07, 6.45) is 1.72. The molecule has 126 valence electrons. The Morgan fingerprint density at radius 2 is 1.79 bits per heavy atom. The van der Waals surface area contributed by atoms with Crippen LogP contribution < -0.4 is 4.90 Å². The maximum absolute atomic E-state index is 12.3. The van der Waals surface area contributed by atoms with Gasteiger partial charge >= 0.3 is 6.09 Å². The number of rotatable bonds is 3. The van der Waals surface area contributed by atoms with Crippen LogP contribution in [0.1, 0.15) is 26.3 Å². The maximum Gasteiger partial charge on any atom is 0.414 e. The molecule has 6 nitrogen and oxygen atoms in total. The number of hydrogen-bond acceptors (Lipinski definition) is 4. The second-order valence-corrected chi connectivity index (χ2v) is 6.40. The Balaban J connectivity index is 2.51.